The largest absolute Gasteiger partial charge is 0.454 e. The minimum absolute atomic E-state index is 0.0620. The smallest absolute Gasteiger partial charge is 0.254 e. The van der Waals surface area contributed by atoms with Crippen molar-refractivity contribution >= 4 is 5.91 Å². The average Bonchev–Trinajstić information content (AvgIpc) is 2.94. The summed E-state index contributed by atoms with van der Waals surface area (Å²) in [6.07, 6.45) is 1.89. The Morgan fingerprint density at radius 1 is 1.15 bits per heavy atom. The lowest BCUT2D eigenvalue weighted by Crippen LogP contribution is -2.44. The standard InChI is InChI=1S/C16H23NO3/c1-5-11(3)17(12(4)6-2)16(18)13-7-8-14-15(9-13)20-10-19-14/h7-9,11-12H,5-6,10H2,1-4H3. The normalized spacial score (nSPS) is 15.8. The van der Waals surface area contributed by atoms with Crippen LogP contribution in [-0.2, 0) is 0 Å². The first kappa shape index (κ1) is 14.7. The van der Waals surface area contributed by atoms with Crippen molar-refractivity contribution in [1.29, 1.82) is 0 Å². The molecule has 0 saturated carbocycles. The minimum Gasteiger partial charge on any atom is -0.454 e. The quantitative estimate of drug-likeness (QED) is 0.827. The van der Waals surface area contributed by atoms with Crippen LogP contribution in [0, 0.1) is 0 Å². The second kappa shape index (κ2) is 6.16. The topological polar surface area (TPSA) is 38.8 Å². The molecule has 0 aliphatic carbocycles. The summed E-state index contributed by atoms with van der Waals surface area (Å²) >= 11 is 0. The van der Waals surface area contributed by atoms with Crippen molar-refractivity contribution in [3.05, 3.63) is 23.8 Å². The van der Waals surface area contributed by atoms with Crippen LogP contribution in [0.25, 0.3) is 0 Å². The van der Waals surface area contributed by atoms with E-state index in [-0.39, 0.29) is 24.8 Å². The van der Waals surface area contributed by atoms with E-state index in [1.54, 1.807) is 12.1 Å². The molecule has 1 aliphatic rings. The number of carbonyl (C=O) groups is 1. The van der Waals surface area contributed by atoms with Gasteiger partial charge in [0.2, 0.25) is 6.79 Å². The van der Waals surface area contributed by atoms with Gasteiger partial charge in [0.1, 0.15) is 0 Å². The fourth-order valence-corrected chi connectivity index (χ4v) is 2.41. The molecule has 2 rings (SSSR count). The molecule has 20 heavy (non-hydrogen) atoms. The Morgan fingerprint density at radius 3 is 2.35 bits per heavy atom. The van der Waals surface area contributed by atoms with Crippen LogP contribution in [0.2, 0.25) is 0 Å². The predicted octanol–water partition coefficient (Wildman–Crippen LogP) is 3.45. The van der Waals surface area contributed by atoms with Crippen LogP contribution >= 0.6 is 0 Å². The van der Waals surface area contributed by atoms with Gasteiger partial charge in [-0.05, 0) is 44.9 Å². The summed E-state index contributed by atoms with van der Waals surface area (Å²) in [7, 11) is 0. The van der Waals surface area contributed by atoms with E-state index < -0.39 is 0 Å². The van der Waals surface area contributed by atoms with Crippen LogP contribution in [0.1, 0.15) is 50.9 Å². The van der Waals surface area contributed by atoms with Gasteiger partial charge in [-0.15, -0.1) is 0 Å². The Hall–Kier alpha value is -1.71. The van der Waals surface area contributed by atoms with Crippen LogP contribution in [0.5, 0.6) is 11.5 Å². The van der Waals surface area contributed by atoms with E-state index in [1.807, 2.05) is 11.0 Å². The summed E-state index contributed by atoms with van der Waals surface area (Å²) in [6.45, 7) is 8.63. The minimum atomic E-state index is 0.0620. The molecule has 0 radical (unpaired) electrons. The molecule has 0 bridgehead atoms. The zero-order valence-corrected chi connectivity index (χ0v) is 12.7. The highest BCUT2D eigenvalue weighted by Crippen LogP contribution is 2.33. The molecule has 4 nitrogen and oxygen atoms in total. The number of ether oxygens (including phenoxy) is 2. The molecule has 4 heteroatoms. The number of hydrogen-bond donors (Lipinski definition) is 0. The van der Waals surface area contributed by atoms with Gasteiger partial charge in [0.05, 0.1) is 0 Å². The molecule has 1 aliphatic heterocycles. The number of hydrogen-bond acceptors (Lipinski definition) is 3. The van der Waals surface area contributed by atoms with E-state index in [2.05, 4.69) is 27.7 Å². The Labute approximate surface area is 120 Å². The lowest BCUT2D eigenvalue weighted by molar-refractivity contribution is 0.0598. The summed E-state index contributed by atoms with van der Waals surface area (Å²) in [5.41, 5.74) is 0.662. The third kappa shape index (κ3) is 2.74. The summed E-state index contributed by atoms with van der Waals surface area (Å²) < 4.78 is 10.6. The van der Waals surface area contributed by atoms with Crippen LogP contribution in [0.3, 0.4) is 0 Å². The summed E-state index contributed by atoms with van der Waals surface area (Å²) in [4.78, 5) is 14.7. The molecule has 1 aromatic rings. The van der Waals surface area contributed by atoms with Gasteiger partial charge in [0.15, 0.2) is 11.5 Å². The first-order valence-corrected chi connectivity index (χ1v) is 7.30. The van der Waals surface area contributed by atoms with Gasteiger partial charge in [-0.2, -0.15) is 0 Å². The highest BCUT2D eigenvalue weighted by molar-refractivity contribution is 5.95. The van der Waals surface area contributed by atoms with Gasteiger partial charge in [-0.1, -0.05) is 13.8 Å². The molecule has 2 unspecified atom stereocenters. The SMILES string of the molecule is CCC(C)N(C(=O)c1ccc2c(c1)OCO2)C(C)CC. The summed E-state index contributed by atoms with van der Waals surface area (Å²) in [5, 5.41) is 0. The zero-order chi connectivity index (χ0) is 14.7. The van der Waals surface area contributed by atoms with Crippen molar-refractivity contribution < 1.29 is 14.3 Å². The Kier molecular flexibility index (Phi) is 4.53. The number of nitrogens with zero attached hydrogens (tertiary/aromatic N) is 1. The first-order valence-electron chi connectivity index (χ1n) is 7.30. The number of amides is 1. The molecule has 0 aromatic heterocycles. The van der Waals surface area contributed by atoms with Crippen molar-refractivity contribution in [3.63, 3.8) is 0 Å². The van der Waals surface area contributed by atoms with E-state index in [1.165, 1.54) is 0 Å². The maximum Gasteiger partial charge on any atom is 0.254 e. The third-order valence-electron chi connectivity index (χ3n) is 3.99. The molecular formula is C16H23NO3. The van der Waals surface area contributed by atoms with Crippen LogP contribution < -0.4 is 9.47 Å². The van der Waals surface area contributed by atoms with E-state index in [9.17, 15) is 4.79 Å². The second-order valence-electron chi connectivity index (χ2n) is 5.30. The molecule has 2 atom stereocenters. The molecule has 1 heterocycles. The zero-order valence-electron chi connectivity index (χ0n) is 12.7. The van der Waals surface area contributed by atoms with Crippen LogP contribution in [0.15, 0.2) is 18.2 Å². The first-order chi connectivity index (χ1) is 9.58. The Bertz CT molecular complexity index is 477. The predicted molar refractivity (Wildman–Crippen MR) is 78.2 cm³/mol. The molecule has 1 amide bonds. The van der Waals surface area contributed by atoms with Gasteiger partial charge < -0.3 is 14.4 Å². The van der Waals surface area contributed by atoms with Crippen molar-refractivity contribution in [2.75, 3.05) is 6.79 Å². The molecule has 1 aromatic carbocycles. The van der Waals surface area contributed by atoms with Crippen molar-refractivity contribution in [2.24, 2.45) is 0 Å². The van der Waals surface area contributed by atoms with Gasteiger partial charge in [0.25, 0.3) is 5.91 Å². The molecule has 110 valence electrons. The fraction of sp³-hybridized carbons (Fsp3) is 0.562. The number of benzene rings is 1. The number of carbonyl (C=O) groups excluding carboxylic acids is 1. The molecule has 0 spiro atoms. The molecule has 0 fully saturated rings. The Morgan fingerprint density at radius 2 is 1.75 bits per heavy atom. The monoisotopic (exact) mass is 277 g/mol. The van der Waals surface area contributed by atoms with Gasteiger partial charge in [-0.25, -0.2) is 0 Å². The van der Waals surface area contributed by atoms with Crippen LogP contribution in [-0.4, -0.2) is 29.7 Å². The van der Waals surface area contributed by atoms with Crippen molar-refractivity contribution in [2.45, 2.75) is 52.6 Å². The van der Waals surface area contributed by atoms with E-state index in [0.29, 0.717) is 17.1 Å². The maximum atomic E-state index is 12.8. The average molecular weight is 277 g/mol. The molecule has 0 saturated heterocycles. The number of fused-ring (bicyclic) bond motifs is 1. The second-order valence-corrected chi connectivity index (χ2v) is 5.30. The number of rotatable bonds is 5. The van der Waals surface area contributed by atoms with Crippen molar-refractivity contribution in [1.82, 2.24) is 4.90 Å². The lowest BCUT2D eigenvalue weighted by atomic mass is 10.1. The van der Waals surface area contributed by atoms with Crippen LogP contribution in [0.4, 0.5) is 0 Å². The van der Waals surface area contributed by atoms with E-state index in [4.69, 9.17) is 9.47 Å². The lowest BCUT2D eigenvalue weighted by Gasteiger charge is -2.34. The highest BCUT2D eigenvalue weighted by Gasteiger charge is 2.26. The highest BCUT2D eigenvalue weighted by atomic mass is 16.7. The summed E-state index contributed by atoms with van der Waals surface area (Å²) in [5.74, 6) is 1.43. The molecule has 0 N–H and O–H groups in total. The van der Waals surface area contributed by atoms with Gasteiger partial charge in [-0.3, -0.25) is 4.79 Å². The third-order valence-corrected chi connectivity index (χ3v) is 3.99. The van der Waals surface area contributed by atoms with E-state index in [0.717, 1.165) is 12.8 Å². The van der Waals surface area contributed by atoms with Crippen molar-refractivity contribution in [3.8, 4) is 11.5 Å². The van der Waals surface area contributed by atoms with Gasteiger partial charge in [0, 0.05) is 17.6 Å². The van der Waals surface area contributed by atoms with Gasteiger partial charge >= 0.3 is 0 Å². The van der Waals surface area contributed by atoms with E-state index >= 15 is 0 Å². The fourth-order valence-electron chi connectivity index (χ4n) is 2.41. The Balaban J connectivity index is 2.27. The molecular weight excluding hydrogens is 254 g/mol. The maximum absolute atomic E-state index is 12.8. The summed E-state index contributed by atoms with van der Waals surface area (Å²) in [6, 6.07) is 5.85.